The molecule has 0 unspecified atom stereocenters. The monoisotopic (exact) mass is 490 g/mol. The molecule has 2 N–H and O–H groups in total. The van der Waals surface area contributed by atoms with Gasteiger partial charge in [0.05, 0.1) is 24.7 Å². The van der Waals surface area contributed by atoms with Gasteiger partial charge in [-0.15, -0.1) is 6.58 Å². The van der Waals surface area contributed by atoms with E-state index in [1.54, 1.807) is 10.8 Å². The topological polar surface area (TPSA) is 94.5 Å². The Morgan fingerprint density at radius 2 is 2.08 bits per heavy atom. The number of benzene rings is 1. The highest BCUT2D eigenvalue weighted by atomic mass is 16.5. The lowest BCUT2D eigenvalue weighted by atomic mass is 10.1. The number of hydrogen-bond donors (Lipinski definition) is 2. The average Bonchev–Trinajstić information content (AvgIpc) is 3.51. The number of hydrogen-bond acceptors (Lipinski definition) is 6. The van der Waals surface area contributed by atoms with Crippen LogP contribution in [-0.4, -0.2) is 47.3 Å². The molecular weight excluding hydrogens is 456 g/mol. The Hall–Kier alpha value is -3.65. The Morgan fingerprint density at radius 3 is 2.75 bits per heavy atom. The first-order valence-electron chi connectivity index (χ1n) is 12.3. The van der Waals surface area contributed by atoms with Gasteiger partial charge in [0.15, 0.2) is 5.69 Å². The summed E-state index contributed by atoms with van der Waals surface area (Å²) in [5.74, 6) is -0.819. The van der Waals surface area contributed by atoms with Gasteiger partial charge in [-0.3, -0.25) is 4.79 Å². The summed E-state index contributed by atoms with van der Waals surface area (Å²) in [4.78, 5) is 30.8. The van der Waals surface area contributed by atoms with Crippen LogP contribution in [0.15, 0.2) is 54.7 Å². The van der Waals surface area contributed by atoms with Crippen LogP contribution in [0.5, 0.6) is 0 Å². The summed E-state index contributed by atoms with van der Waals surface area (Å²) in [6.07, 6.45) is 4.54. The highest BCUT2D eigenvalue weighted by Crippen LogP contribution is 2.34. The fourth-order valence-electron chi connectivity index (χ4n) is 4.47. The molecule has 36 heavy (non-hydrogen) atoms. The van der Waals surface area contributed by atoms with E-state index >= 15 is 0 Å². The molecule has 8 nitrogen and oxygen atoms in total. The van der Waals surface area contributed by atoms with Crippen molar-refractivity contribution in [2.24, 2.45) is 0 Å². The van der Waals surface area contributed by atoms with Crippen molar-refractivity contribution in [3.05, 3.63) is 66.0 Å². The number of pyridine rings is 1. The Kier molecular flexibility index (Phi) is 8.05. The number of nitrogens with zero attached hydrogens (tertiary/aromatic N) is 2. The van der Waals surface area contributed by atoms with Gasteiger partial charge in [0, 0.05) is 24.6 Å². The molecule has 4 rings (SSSR count). The number of nitrogens with one attached hydrogen (secondary N) is 2. The Bertz CT molecular complexity index is 1250. The van der Waals surface area contributed by atoms with Gasteiger partial charge in [-0.25, -0.2) is 9.78 Å². The quantitative estimate of drug-likeness (QED) is 0.302. The number of carbonyl (C=O) groups excluding carboxylic acids is 2. The second-order valence-corrected chi connectivity index (χ2v) is 9.41. The minimum atomic E-state index is -0.545. The van der Waals surface area contributed by atoms with Crippen molar-refractivity contribution in [1.29, 1.82) is 0 Å². The smallest absolute Gasteiger partial charge is 0.356 e. The standard InChI is InChI=1S/C28H34N4O4/c1-18(2)12-13-19(3)30-21-15-22-24(31-27(33)23-11-8-14-36-23)25(28(34)35-4)32(26(22)29-16-21)17-20-9-6-5-7-10-20/h5-7,9-10,15-16,19,23,30H,1,8,11-14,17H2,2-4H3,(H,31,33)/t19-,23+/m0/s1. The molecule has 1 aliphatic heterocycles. The average molecular weight is 491 g/mol. The molecule has 1 amide bonds. The lowest BCUT2D eigenvalue weighted by molar-refractivity contribution is -0.124. The van der Waals surface area contributed by atoms with E-state index in [9.17, 15) is 9.59 Å². The molecular formula is C28H34N4O4. The zero-order valence-electron chi connectivity index (χ0n) is 21.2. The van der Waals surface area contributed by atoms with Crippen LogP contribution < -0.4 is 10.6 Å². The number of carbonyl (C=O) groups is 2. The van der Waals surface area contributed by atoms with E-state index in [0.29, 0.717) is 36.3 Å². The minimum Gasteiger partial charge on any atom is -0.464 e. The molecule has 3 heterocycles. The van der Waals surface area contributed by atoms with Crippen LogP contribution in [0.2, 0.25) is 0 Å². The predicted molar refractivity (Wildman–Crippen MR) is 141 cm³/mol. The van der Waals surface area contributed by atoms with Gasteiger partial charge in [-0.05, 0) is 51.2 Å². The van der Waals surface area contributed by atoms with Gasteiger partial charge in [0.25, 0.3) is 5.91 Å². The Morgan fingerprint density at radius 1 is 1.31 bits per heavy atom. The van der Waals surface area contributed by atoms with E-state index in [1.807, 2.05) is 43.3 Å². The molecule has 0 spiro atoms. The van der Waals surface area contributed by atoms with E-state index in [4.69, 9.17) is 14.5 Å². The van der Waals surface area contributed by atoms with Gasteiger partial charge in [0.2, 0.25) is 0 Å². The summed E-state index contributed by atoms with van der Waals surface area (Å²) >= 11 is 0. The van der Waals surface area contributed by atoms with Crippen LogP contribution in [-0.2, 0) is 20.8 Å². The summed E-state index contributed by atoms with van der Waals surface area (Å²) in [5.41, 5.74) is 4.16. The fraction of sp³-hybridized carbons (Fsp3) is 0.393. The molecule has 190 valence electrons. The van der Waals surface area contributed by atoms with Gasteiger partial charge in [0.1, 0.15) is 11.8 Å². The number of aromatic nitrogens is 2. The van der Waals surface area contributed by atoms with Crippen molar-refractivity contribution in [3.8, 4) is 0 Å². The molecule has 0 bridgehead atoms. The SMILES string of the molecule is C=C(C)CC[C@H](C)Nc1cnc2c(c1)c(NC(=O)[C@H]1CCCO1)c(C(=O)OC)n2Cc1ccccc1. The minimum absolute atomic E-state index is 0.192. The summed E-state index contributed by atoms with van der Waals surface area (Å²) < 4.78 is 12.5. The molecule has 2 atom stereocenters. The predicted octanol–water partition coefficient (Wildman–Crippen LogP) is 5.15. The van der Waals surface area contributed by atoms with E-state index in [-0.39, 0.29) is 17.6 Å². The highest BCUT2D eigenvalue weighted by Gasteiger charge is 2.30. The second kappa shape index (κ2) is 11.4. The second-order valence-electron chi connectivity index (χ2n) is 9.41. The Labute approximate surface area is 211 Å². The number of ether oxygens (including phenoxy) is 2. The molecule has 8 heteroatoms. The van der Waals surface area contributed by atoms with Crippen LogP contribution >= 0.6 is 0 Å². The van der Waals surface area contributed by atoms with E-state index in [0.717, 1.165) is 36.1 Å². The van der Waals surface area contributed by atoms with Gasteiger partial charge in [-0.1, -0.05) is 35.9 Å². The number of fused-ring (bicyclic) bond motifs is 1. The summed E-state index contributed by atoms with van der Waals surface area (Å²) in [6.45, 7) is 9.05. The van der Waals surface area contributed by atoms with Crippen LogP contribution in [0.4, 0.5) is 11.4 Å². The maximum Gasteiger partial charge on any atom is 0.356 e. The Balaban J connectivity index is 1.79. The van der Waals surface area contributed by atoms with Crippen molar-refractivity contribution in [3.63, 3.8) is 0 Å². The largest absolute Gasteiger partial charge is 0.464 e. The van der Waals surface area contributed by atoms with Crippen LogP contribution in [0.25, 0.3) is 11.0 Å². The number of methoxy groups -OCH3 is 1. The summed E-state index contributed by atoms with van der Waals surface area (Å²) in [7, 11) is 1.34. The zero-order chi connectivity index (χ0) is 25.7. The molecule has 0 radical (unpaired) electrons. The first-order chi connectivity index (χ1) is 17.4. The van der Waals surface area contributed by atoms with Crippen molar-refractivity contribution < 1.29 is 19.1 Å². The number of amides is 1. The lowest BCUT2D eigenvalue weighted by Crippen LogP contribution is -2.28. The molecule has 1 fully saturated rings. The number of esters is 1. The molecule has 0 aliphatic carbocycles. The summed E-state index contributed by atoms with van der Waals surface area (Å²) in [5, 5.41) is 7.11. The molecule has 1 aromatic carbocycles. The van der Waals surface area contributed by atoms with Crippen LogP contribution in [0.3, 0.4) is 0 Å². The molecule has 1 saturated heterocycles. The number of anilines is 2. The molecule has 3 aromatic rings. The normalized spacial score (nSPS) is 16.0. The van der Waals surface area contributed by atoms with Crippen molar-refractivity contribution >= 4 is 34.3 Å². The van der Waals surface area contributed by atoms with Gasteiger partial charge >= 0.3 is 5.97 Å². The van der Waals surface area contributed by atoms with Gasteiger partial charge in [-0.2, -0.15) is 0 Å². The zero-order valence-corrected chi connectivity index (χ0v) is 21.2. The fourth-order valence-corrected chi connectivity index (χ4v) is 4.47. The molecule has 2 aromatic heterocycles. The number of rotatable bonds is 10. The molecule has 0 saturated carbocycles. The van der Waals surface area contributed by atoms with E-state index in [1.165, 1.54) is 7.11 Å². The third-order valence-electron chi connectivity index (χ3n) is 6.35. The maximum absolute atomic E-state index is 13.1. The number of allylic oxidation sites excluding steroid dienone is 1. The third-order valence-corrected chi connectivity index (χ3v) is 6.35. The maximum atomic E-state index is 13.1. The van der Waals surface area contributed by atoms with E-state index in [2.05, 4.69) is 24.1 Å². The van der Waals surface area contributed by atoms with Crippen LogP contribution in [0.1, 0.15) is 55.6 Å². The van der Waals surface area contributed by atoms with Crippen molar-refractivity contribution in [2.45, 2.75) is 58.2 Å². The first-order valence-corrected chi connectivity index (χ1v) is 12.3. The first kappa shape index (κ1) is 25.4. The third kappa shape index (κ3) is 5.76. The van der Waals surface area contributed by atoms with E-state index < -0.39 is 12.1 Å². The molecule has 1 aliphatic rings. The van der Waals surface area contributed by atoms with Crippen LogP contribution in [0, 0.1) is 0 Å². The summed E-state index contributed by atoms with van der Waals surface area (Å²) in [6, 6.07) is 11.9. The van der Waals surface area contributed by atoms with Gasteiger partial charge < -0.3 is 24.7 Å². The highest BCUT2D eigenvalue weighted by molar-refractivity contribution is 6.12. The van der Waals surface area contributed by atoms with Crippen molar-refractivity contribution in [2.75, 3.05) is 24.4 Å². The lowest BCUT2D eigenvalue weighted by Gasteiger charge is -2.15. The van der Waals surface area contributed by atoms with Crippen molar-refractivity contribution in [1.82, 2.24) is 9.55 Å².